The molecule has 2 N–H and O–H groups in total. The van der Waals surface area contributed by atoms with Crippen molar-refractivity contribution >= 4 is 10.9 Å². The zero-order valence-corrected chi connectivity index (χ0v) is 10.6. The van der Waals surface area contributed by atoms with Crippen LogP contribution in [0.25, 0.3) is 10.9 Å². The highest BCUT2D eigenvalue weighted by atomic mass is 16.1. The summed E-state index contributed by atoms with van der Waals surface area (Å²) in [4.78, 5) is 21.9. The van der Waals surface area contributed by atoms with Crippen molar-refractivity contribution in [2.45, 2.75) is 25.0 Å². The van der Waals surface area contributed by atoms with Crippen LogP contribution in [0.15, 0.2) is 29.1 Å². The highest BCUT2D eigenvalue weighted by Crippen LogP contribution is 2.24. The average Bonchev–Trinajstić information content (AvgIpc) is 3.01. The van der Waals surface area contributed by atoms with E-state index in [2.05, 4.69) is 20.2 Å². The van der Waals surface area contributed by atoms with Crippen LogP contribution in [0.3, 0.4) is 0 Å². The molecule has 2 atom stereocenters. The van der Waals surface area contributed by atoms with Crippen LogP contribution in [0, 0.1) is 0 Å². The van der Waals surface area contributed by atoms with Gasteiger partial charge >= 0.3 is 0 Å². The van der Waals surface area contributed by atoms with Gasteiger partial charge in [0.2, 0.25) is 0 Å². The smallest absolute Gasteiger partial charge is 0.258 e. The molecule has 0 saturated carbocycles. The van der Waals surface area contributed by atoms with Crippen LogP contribution in [0.1, 0.15) is 12.2 Å². The third-order valence-electron chi connectivity index (χ3n) is 4.18. The van der Waals surface area contributed by atoms with E-state index in [0.29, 0.717) is 17.5 Å². The summed E-state index contributed by atoms with van der Waals surface area (Å²) in [5.74, 6) is 0.774. The number of aromatic amines is 1. The van der Waals surface area contributed by atoms with Crippen molar-refractivity contribution in [3.8, 4) is 0 Å². The minimum atomic E-state index is -0.0388. The summed E-state index contributed by atoms with van der Waals surface area (Å²) in [6.07, 6.45) is 1.22. The van der Waals surface area contributed by atoms with Crippen LogP contribution >= 0.6 is 0 Å². The maximum atomic E-state index is 12.0. The summed E-state index contributed by atoms with van der Waals surface area (Å²) in [7, 11) is 0. The number of likely N-dealkylation sites (tertiary alicyclic amines) is 1. The molecule has 3 heterocycles. The van der Waals surface area contributed by atoms with Gasteiger partial charge in [0.05, 0.1) is 17.4 Å². The topological polar surface area (TPSA) is 61.0 Å². The molecule has 2 aromatic rings. The van der Waals surface area contributed by atoms with E-state index in [1.807, 2.05) is 24.3 Å². The Kier molecular flexibility index (Phi) is 2.43. The molecule has 0 unspecified atom stereocenters. The van der Waals surface area contributed by atoms with Gasteiger partial charge in [-0.2, -0.15) is 0 Å². The van der Waals surface area contributed by atoms with Gasteiger partial charge in [-0.3, -0.25) is 9.69 Å². The standard InChI is InChI=1S/C14H16N4O/c19-14-11-3-1-2-4-12(11)16-13(17-14)8-18-7-9-5-10(18)6-15-9/h1-4,9-10,15H,5-8H2,(H,16,17,19)/t9-,10-/m0/s1. The maximum Gasteiger partial charge on any atom is 0.258 e. The Hall–Kier alpha value is -1.72. The first-order valence-corrected chi connectivity index (χ1v) is 6.75. The number of piperazine rings is 1. The fourth-order valence-electron chi connectivity index (χ4n) is 3.24. The van der Waals surface area contributed by atoms with E-state index in [0.717, 1.165) is 31.0 Å². The molecule has 2 saturated heterocycles. The van der Waals surface area contributed by atoms with Crippen LogP contribution in [0.2, 0.25) is 0 Å². The molecule has 0 spiro atoms. The van der Waals surface area contributed by atoms with Crippen molar-refractivity contribution in [3.05, 3.63) is 40.4 Å². The number of fused-ring (bicyclic) bond motifs is 3. The van der Waals surface area contributed by atoms with Crippen molar-refractivity contribution < 1.29 is 0 Å². The Bertz CT molecular complexity index is 680. The molecule has 2 fully saturated rings. The van der Waals surface area contributed by atoms with Crippen molar-refractivity contribution in [2.75, 3.05) is 13.1 Å². The van der Waals surface area contributed by atoms with E-state index in [9.17, 15) is 4.79 Å². The van der Waals surface area contributed by atoms with Gasteiger partial charge in [-0.1, -0.05) is 12.1 Å². The molecule has 0 radical (unpaired) electrons. The third-order valence-corrected chi connectivity index (χ3v) is 4.18. The average molecular weight is 256 g/mol. The van der Waals surface area contributed by atoms with Crippen molar-refractivity contribution in [1.29, 1.82) is 0 Å². The van der Waals surface area contributed by atoms with E-state index >= 15 is 0 Å². The second-order valence-electron chi connectivity index (χ2n) is 5.45. The third kappa shape index (κ3) is 1.86. The Morgan fingerprint density at radius 3 is 3.05 bits per heavy atom. The number of rotatable bonds is 2. The van der Waals surface area contributed by atoms with Crippen molar-refractivity contribution in [3.63, 3.8) is 0 Å². The molecular weight excluding hydrogens is 240 g/mol. The molecule has 5 heteroatoms. The molecule has 2 aliphatic heterocycles. The summed E-state index contributed by atoms with van der Waals surface area (Å²) in [5.41, 5.74) is 0.742. The lowest BCUT2D eigenvalue weighted by atomic mass is 10.2. The number of aromatic nitrogens is 2. The van der Waals surface area contributed by atoms with Crippen LogP contribution in [0.4, 0.5) is 0 Å². The SMILES string of the molecule is O=c1[nH]c(CN2C[C@@H]3C[C@H]2CN3)nc2ccccc12. The first-order valence-electron chi connectivity index (χ1n) is 6.75. The van der Waals surface area contributed by atoms with Gasteiger partial charge in [0.25, 0.3) is 5.56 Å². The van der Waals surface area contributed by atoms with Gasteiger partial charge in [0, 0.05) is 25.2 Å². The Morgan fingerprint density at radius 2 is 2.26 bits per heavy atom. The summed E-state index contributed by atoms with van der Waals surface area (Å²) < 4.78 is 0. The molecular formula is C14H16N4O. The highest BCUT2D eigenvalue weighted by molar-refractivity contribution is 5.77. The molecule has 0 aliphatic carbocycles. The minimum absolute atomic E-state index is 0.0388. The minimum Gasteiger partial charge on any atom is -0.311 e. The van der Waals surface area contributed by atoms with Gasteiger partial charge in [0.15, 0.2) is 0 Å². The van der Waals surface area contributed by atoms with E-state index in [1.54, 1.807) is 0 Å². The summed E-state index contributed by atoms with van der Waals surface area (Å²) in [5, 5.41) is 4.14. The van der Waals surface area contributed by atoms with Gasteiger partial charge < -0.3 is 10.3 Å². The van der Waals surface area contributed by atoms with Gasteiger partial charge in [0.1, 0.15) is 5.82 Å². The van der Waals surface area contributed by atoms with E-state index in [-0.39, 0.29) is 5.56 Å². The maximum absolute atomic E-state index is 12.0. The lowest BCUT2D eigenvalue weighted by molar-refractivity contribution is 0.213. The molecule has 1 aromatic heterocycles. The summed E-state index contributed by atoms with van der Waals surface area (Å²) in [6.45, 7) is 2.85. The van der Waals surface area contributed by atoms with Gasteiger partial charge in [-0.15, -0.1) is 0 Å². The number of H-pyrrole nitrogens is 1. The zero-order chi connectivity index (χ0) is 12.8. The van der Waals surface area contributed by atoms with Crippen molar-refractivity contribution in [1.82, 2.24) is 20.2 Å². The van der Waals surface area contributed by atoms with E-state index < -0.39 is 0 Å². The molecule has 98 valence electrons. The quantitative estimate of drug-likeness (QED) is 0.820. The number of nitrogens with zero attached hydrogens (tertiary/aromatic N) is 2. The monoisotopic (exact) mass is 256 g/mol. The Balaban J connectivity index is 1.66. The summed E-state index contributed by atoms with van der Waals surface area (Å²) >= 11 is 0. The normalized spacial score (nSPS) is 26.3. The fraction of sp³-hybridized carbons (Fsp3) is 0.429. The molecule has 5 nitrogen and oxygen atoms in total. The predicted octanol–water partition coefficient (Wildman–Crippen LogP) is 0.469. The Morgan fingerprint density at radius 1 is 1.37 bits per heavy atom. The first-order chi connectivity index (χ1) is 9.29. The largest absolute Gasteiger partial charge is 0.311 e. The summed E-state index contributed by atoms with van der Waals surface area (Å²) in [6, 6.07) is 8.71. The second-order valence-corrected chi connectivity index (χ2v) is 5.45. The predicted molar refractivity (Wildman–Crippen MR) is 73.0 cm³/mol. The lowest BCUT2D eigenvalue weighted by Crippen LogP contribution is -2.43. The van der Waals surface area contributed by atoms with E-state index in [1.165, 1.54) is 6.42 Å². The molecule has 2 aliphatic rings. The van der Waals surface area contributed by atoms with Crippen LogP contribution in [0.5, 0.6) is 0 Å². The number of nitrogens with one attached hydrogen (secondary N) is 2. The van der Waals surface area contributed by atoms with Crippen LogP contribution in [-0.2, 0) is 6.54 Å². The van der Waals surface area contributed by atoms with Gasteiger partial charge in [-0.05, 0) is 18.6 Å². The lowest BCUT2D eigenvalue weighted by Gasteiger charge is -2.26. The fourth-order valence-corrected chi connectivity index (χ4v) is 3.24. The first kappa shape index (κ1) is 11.1. The number of hydrogen-bond donors (Lipinski definition) is 2. The Labute approximate surface area is 110 Å². The second kappa shape index (κ2) is 4.15. The van der Waals surface area contributed by atoms with E-state index in [4.69, 9.17) is 0 Å². The molecule has 19 heavy (non-hydrogen) atoms. The van der Waals surface area contributed by atoms with Crippen LogP contribution < -0.4 is 10.9 Å². The number of hydrogen-bond acceptors (Lipinski definition) is 4. The van der Waals surface area contributed by atoms with Crippen LogP contribution in [-0.4, -0.2) is 40.0 Å². The van der Waals surface area contributed by atoms with Crippen molar-refractivity contribution in [2.24, 2.45) is 0 Å². The zero-order valence-electron chi connectivity index (χ0n) is 10.6. The molecule has 2 bridgehead atoms. The molecule has 1 aromatic carbocycles. The molecule has 0 amide bonds. The molecule has 4 rings (SSSR count). The number of benzene rings is 1. The van der Waals surface area contributed by atoms with Gasteiger partial charge in [-0.25, -0.2) is 4.98 Å². The highest BCUT2D eigenvalue weighted by Gasteiger charge is 2.37. The number of para-hydroxylation sites is 1.